The Morgan fingerprint density at radius 1 is 1.00 bits per heavy atom. The Bertz CT molecular complexity index is 1260. The topological polar surface area (TPSA) is 38.5 Å². The summed E-state index contributed by atoms with van der Waals surface area (Å²) >= 11 is 0. The molecule has 3 nitrogen and oxygen atoms in total. The van der Waals surface area contributed by atoms with E-state index in [9.17, 15) is 4.39 Å². The molecule has 0 aromatic heterocycles. The SMILES string of the molecule is CCc1ccc(C2=C(c3ccc(OC4CCN(CCCF)C4)cc3)c3ccc(N)cc3CCC2)c(C)c1. The van der Waals surface area contributed by atoms with E-state index in [0.29, 0.717) is 6.42 Å². The van der Waals surface area contributed by atoms with Gasteiger partial charge < -0.3 is 10.5 Å². The second-order valence-corrected chi connectivity index (χ2v) is 10.5. The van der Waals surface area contributed by atoms with Crippen molar-refractivity contribution in [2.24, 2.45) is 0 Å². The summed E-state index contributed by atoms with van der Waals surface area (Å²) in [6.45, 7) is 6.87. The van der Waals surface area contributed by atoms with Crippen LogP contribution in [0.25, 0.3) is 11.1 Å². The van der Waals surface area contributed by atoms with Crippen molar-refractivity contribution in [3.8, 4) is 5.75 Å². The van der Waals surface area contributed by atoms with Crippen LogP contribution in [0, 0.1) is 6.92 Å². The molecule has 4 heteroatoms. The summed E-state index contributed by atoms with van der Waals surface area (Å²) in [5, 5.41) is 0. The largest absolute Gasteiger partial charge is 0.489 e. The van der Waals surface area contributed by atoms with Crippen LogP contribution in [0.1, 0.15) is 66.0 Å². The molecule has 1 atom stereocenters. The molecule has 0 saturated carbocycles. The van der Waals surface area contributed by atoms with Crippen LogP contribution in [0.15, 0.2) is 60.7 Å². The molecule has 3 aromatic carbocycles. The van der Waals surface area contributed by atoms with Crippen molar-refractivity contribution in [2.45, 2.75) is 58.5 Å². The first-order valence-corrected chi connectivity index (χ1v) is 13.8. The molecular formula is C33H39FN2O. The van der Waals surface area contributed by atoms with Crippen molar-refractivity contribution in [3.05, 3.63) is 94.0 Å². The lowest BCUT2D eigenvalue weighted by atomic mass is 9.86. The molecule has 1 unspecified atom stereocenters. The molecule has 0 bridgehead atoms. The molecule has 194 valence electrons. The zero-order valence-electron chi connectivity index (χ0n) is 22.2. The van der Waals surface area contributed by atoms with E-state index in [1.54, 1.807) is 0 Å². The molecule has 0 spiro atoms. The number of anilines is 1. The number of alkyl halides is 1. The van der Waals surface area contributed by atoms with Crippen molar-refractivity contribution >= 4 is 16.8 Å². The van der Waals surface area contributed by atoms with E-state index in [1.807, 2.05) is 6.07 Å². The number of nitrogen functional groups attached to an aromatic ring is 1. The highest BCUT2D eigenvalue weighted by Crippen LogP contribution is 2.41. The van der Waals surface area contributed by atoms with Crippen LogP contribution < -0.4 is 10.5 Å². The van der Waals surface area contributed by atoms with E-state index < -0.39 is 0 Å². The van der Waals surface area contributed by atoms with Crippen LogP contribution in [0.5, 0.6) is 5.75 Å². The first-order valence-electron chi connectivity index (χ1n) is 13.8. The summed E-state index contributed by atoms with van der Waals surface area (Å²) in [6.07, 6.45) is 5.98. The summed E-state index contributed by atoms with van der Waals surface area (Å²) in [6, 6.07) is 22.0. The molecule has 2 aliphatic rings. The molecule has 2 N–H and O–H groups in total. The highest BCUT2D eigenvalue weighted by molar-refractivity contribution is 6.00. The van der Waals surface area contributed by atoms with Gasteiger partial charge in [0.15, 0.2) is 0 Å². The van der Waals surface area contributed by atoms with Gasteiger partial charge in [-0.05, 0) is 114 Å². The second kappa shape index (κ2) is 11.5. The maximum absolute atomic E-state index is 12.5. The summed E-state index contributed by atoms with van der Waals surface area (Å²) in [4.78, 5) is 2.30. The fourth-order valence-corrected chi connectivity index (χ4v) is 5.96. The molecule has 1 saturated heterocycles. The molecular weight excluding hydrogens is 459 g/mol. The summed E-state index contributed by atoms with van der Waals surface area (Å²) in [5.74, 6) is 0.901. The van der Waals surface area contributed by atoms with Gasteiger partial charge in [0.2, 0.25) is 0 Å². The van der Waals surface area contributed by atoms with Gasteiger partial charge >= 0.3 is 0 Å². The quantitative estimate of drug-likeness (QED) is 0.333. The number of nitrogens with zero attached hydrogens (tertiary/aromatic N) is 1. The second-order valence-electron chi connectivity index (χ2n) is 10.5. The fraction of sp³-hybridized carbons (Fsp3) is 0.394. The zero-order chi connectivity index (χ0) is 25.8. The number of benzene rings is 3. The lowest BCUT2D eigenvalue weighted by molar-refractivity contribution is 0.198. The minimum absolute atomic E-state index is 0.168. The van der Waals surface area contributed by atoms with Gasteiger partial charge in [0.1, 0.15) is 11.9 Å². The van der Waals surface area contributed by atoms with Crippen LogP contribution in [0.3, 0.4) is 0 Å². The Kier molecular flexibility index (Phi) is 7.95. The molecule has 3 aromatic rings. The smallest absolute Gasteiger partial charge is 0.119 e. The number of ether oxygens (including phenoxy) is 1. The van der Waals surface area contributed by atoms with E-state index in [-0.39, 0.29) is 12.8 Å². The average molecular weight is 499 g/mol. The number of allylic oxidation sites excluding steroid dienone is 1. The van der Waals surface area contributed by atoms with E-state index in [1.165, 1.54) is 44.5 Å². The zero-order valence-corrected chi connectivity index (χ0v) is 22.2. The van der Waals surface area contributed by atoms with Gasteiger partial charge in [0.05, 0.1) is 6.67 Å². The molecule has 1 aliphatic carbocycles. The standard InChI is InChI=1S/C33H39FN2O/c1-3-24-8-14-30(23(2)20-24)32-7-4-6-26-21-27(35)11-15-31(26)33(32)25-9-12-28(13-10-25)37-29-16-19-36(22-29)18-5-17-34/h8-15,20-21,29H,3-7,16-19,22,35H2,1-2H3. The molecule has 5 rings (SSSR count). The normalized spacial score (nSPS) is 18.1. The Balaban J connectivity index is 1.49. The Morgan fingerprint density at radius 2 is 1.81 bits per heavy atom. The van der Waals surface area contributed by atoms with Gasteiger partial charge in [-0.1, -0.05) is 43.3 Å². The molecule has 0 amide bonds. The van der Waals surface area contributed by atoms with Crippen molar-refractivity contribution in [2.75, 3.05) is 32.0 Å². The third-order valence-electron chi connectivity index (χ3n) is 7.88. The maximum Gasteiger partial charge on any atom is 0.119 e. The lowest BCUT2D eigenvalue weighted by Gasteiger charge is -2.20. The average Bonchev–Trinajstić information content (AvgIpc) is 3.27. The number of fused-ring (bicyclic) bond motifs is 1. The first-order chi connectivity index (χ1) is 18.1. The number of likely N-dealkylation sites (tertiary alicyclic amines) is 1. The van der Waals surface area contributed by atoms with Gasteiger partial charge in [0, 0.05) is 25.3 Å². The molecule has 37 heavy (non-hydrogen) atoms. The molecule has 1 fully saturated rings. The molecule has 1 aliphatic heterocycles. The maximum atomic E-state index is 12.5. The fourth-order valence-electron chi connectivity index (χ4n) is 5.96. The highest BCUT2D eigenvalue weighted by Gasteiger charge is 2.24. The number of hydrogen-bond donors (Lipinski definition) is 1. The van der Waals surface area contributed by atoms with Gasteiger partial charge in [-0.2, -0.15) is 0 Å². The molecule has 1 heterocycles. The van der Waals surface area contributed by atoms with E-state index in [4.69, 9.17) is 10.5 Å². The minimum atomic E-state index is -0.251. The lowest BCUT2D eigenvalue weighted by Crippen LogP contribution is -2.26. The van der Waals surface area contributed by atoms with Crippen LogP contribution in [0.2, 0.25) is 0 Å². The third kappa shape index (κ3) is 5.75. The Morgan fingerprint density at radius 3 is 2.57 bits per heavy atom. The van der Waals surface area contributed by atoms with E-state index in [0.717, 1.165) is 63.2 Å². The number of halogens is 1. The van der Waals surface area contributed by atoms with Crippen LogP contribution in [-0.2, 0) is 12.8 Å². The van der Waals surface area contributed by atoms with Crippen molar-refractivity contribution < 1.29 is 9.13 Å². The van der Waals surface area contributed by atoms with Crippen molar-refractivity contribution in [3.63, 3.8) is 0 Å². The third-order valence-corrected chi connectivity index (χ3v) is 7.88. The van der Waals surface area contributed by atoms with Gasteiger partial charge in [-0.3, -0.25) is 9.29 Å². The monoisotopic (exact) mass is 498 g/mol. The number of rotatable bonds is 8. The van der Waals surface area contributed by atoms with E-state index in [2.05, 4.69) is 73.3 Å². The Hall–Kier alpha value is -3.11. The first kappa shape index (κ1) is 25.5. The predicted molar refractivity (Wildman–Crippen MR) is 153 cm³/mol. The van der Waals surface area contributed by atoms with Crippen LogP contribution in [0.4, 0.5) is 10.1 Å². The van der Waals surface area contributed by atoms with Gasteiger partial charge in [0.25, 0.3) is 0 Å². The van der Waals surface area contributed by atoms with Crippen LogP contribution in [-0.4, -0.2) is 37.3 Å². The number of nitrogens with two attached hydrogens (primary N) is 1. The van der Waals surface area contributed by atoms with Crippen molar-refractivity contribution in [1.82, 2.24) is 4.90 Å². The van der Waals surface area contributed by atoms with Crippen molar-refractivity contribution in [1.29, 1.82) is 0 Å². The van der Waals surface area contributed by atoms with Crippen LogP contribution >= 0.6 is 0 Å². The summed E-state index contributed by atoms with van der Waals surface area (Å²) in [7, 11) is 0. The minimum Gasteiger partial charge on any atom is -0.489 e. The van der Waals surface area contributed by atoms with Gasteiger partial charge in [-0.25, -0.2) is 0 Å². The number of hydrogen-bond acceptors (Lipinski definition) is 3. The Labute approximate surface area is 221 Å². The summed E-state index contributed by atoms with van der Waals surface area (Å²) < 4.78 is 18.9. The highest BCUT2D eigenvalue weighted by atomic mass is 19.1. The predicted octanol–water partition coefficient (Wildman–Crippen LogP) is 7.25. The summed E-state index contributed by atoms with van der Waals surface area (Å²) in [5.41, 5.74) is 17.6. The molecule has 0 radical (unpaired) electrons. The number of aryl methyl sites for hydroxylation is 3. The van der Waals surface area contributed by atoms with E-state index >= 15 is 0 Å². The van der Waals surface area contributed by atoms with Gasteiger partial charge in [-0.15, -0.1) is 0 Å².